The molecule has 1 aliphatic carbocycles. The molecule has 3 amide bonds. The first-order valence-electron chi connectivity index (χ1n) is 11.2. The van der Waals surface area contributed by atoms with E-state index >= 15 is 0 Å². The first-order valence-corrected chi connectivity index (χ1v) is 15.4. The zero-order chi connectivity index (χ0) is 27.5. The van der Waals surface area contributed by atoms with Gasteiger partial charge in [-0.1, -0.05) is 57.3 Å². The van der Waals surface area contributed by atoms with E-state index in [4.69, 9.17) is 16.4 Å². The van der Waals surface area contributed by atoms with Crippen molar-refractivity contribution >= 4 is 92.8 Å². The van der Waals surface area contributed by atoms with E-state index in [9.17, 15) is 24.3 Å². The van der Waals surface area contributed by atoms with E-state index in [1.54, 1.807) is 5.51 Å². The summed E-state index contributed by atoms with van der Waals surface area (Å²) in [5.41, 5.74) is 1.77. The molecule has 39 heavy (non-hydrogen) atoms. The fourth-order valence-electron chi connectivity index (χ4n) is 3.94. The van der Waals surface area contributed by atoms with E-state index in [0.29, 0.717) is 34.2 Å². The zero-order valence-electron chi connectivity index (χ0n) is 19.6. The Morgan fingerprint density at radius 1 is 1.41 bits per heavy atom. The highest BCUT2D eigenvalue weighted by molar-refractivity contribution is 8.01. The number of thiazole rings is 1. The molecule has 0 radical (unpaired) electrons. The SMILES string of the molecule is O=CNc1nc(C(=NOC2C=CCC2)C(=O)NC2C(=O)N3C(C(=O)O)=C(CSc4nncs4)CS[C@@H]23)c(Cl)s1. The fourth-order valence-corrected chi connectivity index (χ4v) is 7.92. The van der Waals surface area contributed by atoms with E-state index < -0.39 is 29.2 Å². The standard InChI is InChI=1S/C21H18ClN7O6S4/c22-15-11(26-20(39-15)23-7-30)12(28-35-10-3-1-2-4-10)16(31)25-13-17(32)29-14(19(33)34)9(5-36-18(13)29)6-37-21-27-24-8-38-21/h1,3,7-8,10,13,18H,2,4-6H2,(H,25,31)(H,33,34)(H,23,26,30)/t10?,13?,18-/m0/s1. The number of carboxylic acids is 1. The summed E-state index contributed by atoms with van der Waals surface area (Å²) >= 11 is 11.2. The van der Waals surface area contributed by atoms with Gasteiger partial charge in [-0.15, -0.1) is 22.0 Å². The number of carbonyl (C=O) groups excluding carboxylic acids is 3. The molecule has 4 heterocycles. The minimum absolute atomic E-state index is 0.0208. The van der Waals surface area contributed by atoms with Crippen LogP contribution in [-0.2, 0) is 24.0 Å². The van der Waals surface area contributed by atoms with Crippen molar-refractivity contribution in [1.29, 1.82) is 0 Å². The first-order chi connectivity index (χ1) is 18.9. The summed E-state index contributed by atoms with van der Waals surface area (Å²) in [6.45, 7) is 0. The number of carboxylic acid groups (broad SMARTS) is 1. The smallest absolute Gasteiger partial charge is 0.352 e. The summed E-state index contributed by atoms with van der Waals surface area (Å²) in [4.78, 5) is 60.3. The average Bonchev–Trinajstić information content (AvgIpc) is 3.69. The third kappa shape index (κ3) is 5.81. The molecule has 204 valence electrons. The Bertz CT molecular complexity index is 1390. The highest BCUT2D eigenvalue weighted by Crippen LogP contribution is 2.42. The van der Waals surface area contributed by atoms with Crippen molar-refractivity contribution in [3.05, 3.63) is 39.0 Å². The van der Waals surface area contributed by atoms with Gasteiger partial charge in [-0.05, 0) is 24.5 Å². The van der Waals surface area contributed by atoms with E-state index in [2.05, 4.69) is 31.0 Å². The number of allylic oxidation sites excluding steroid dienone is 1. The lowest BCUT2D eigenvalue weighted by Crippen LogP contribution is -2.71. The minimum atomic E-state index is -1.23. The second-order valence-electron chi connectivity index (χ2n) is 8.10. The largest absolute Gasteiger partial charge is 0.477 e. The predicted molar refractivity (Wildman–Crippen MR) is 147 cm³/mol. The summed E-state index contributed by atoms with van der Waals surface area (Å²) < 4.78 is 0.773. The molecule has 3 N–H and O–H groups in total. The number of hydrogen-bond donors (Lipinski definition) is 3. The van der Waals surface area contributed by atoms with Crippen molar-refractivity contribution in [3.8, 4) is 0 Å². The predicted octanol–water partition coefficient (Wildman–Crippen LogP) is 2.19. The number of aliphatic carboxylic acids is 1. The number of nitrogens with zero attached hydrogens (tertiary/aromatic N) is 5. The number of oxime groups is 1. The van der Waals surface area contributed by atoms with E-state index in [1.165, 1.54) is 39.8 Å². The minimum Gasteiger partial charge on any atom is -0.477 e. The second kappa shape index (κ2) is 12.0. The van der Waals surface area contributed by atoms with Crippen LogP contribution in [-0.4, -0.2) is 84.1 Å². The number of thioether (sulfide) groups is 2. The Kier molecular flexibility index (Phi) is 8.51. The Morgan fingerprint density at radius 3 is 2.95 bits per heavy atom. The van der Waals surface area contributed by atoms with Crippen LogP contribution in [0, 0.1) is 0 Å². The van der Waals surface area contributed by atoms with Crippen molar-refractivity contribution in [3.63, 3.8) is 0 Å². The number of aromatic nitrogens is 3. The Balaban J connectivity index is 1.34. The Labute approximate surface area is 242 Å². The molecule has 1 saturated heterocycles. The summed E-state index contributed by atoms with van der Waals surface area (Å²) in [7, 11) is 0. The molecule has 5 rings (SSSR count). The van der Waals surface area contributed by atoms with Gasteiger partial charge in [0.05, 0.1) is 0 Å². The number of β-lactam (4-membered cyclic amide) rings is 1. The number of anilines is 1. The highest BCUT2D eigenvalue weighted by atomic mass is 35.5. The molecule has 13 nitrogen and oxygen atoms in total. The second-order valence-corrected chi connectivity index (χ2v) is 12.9. The number of rotatable bonds is 11. The number of hydrogen-bond acceptors (Lipinski definition) is 13. The van der Waals surface area contributed by atoms with Crippen LogP contribution in [0.2, 0.25) is 4.34 Å². The van der Waals surface area contributed by atoms with Gasteiger partial charge in [0.25, 0.3) is 11.8 Å². The number of nitrogens with one attached hydrogen (secondary N) is 2. The van der Waals surface area contributed by atoms with Gasteiger partial charge in [-0.2, -0.15) is 0 Å². The normalized spacial score (nSPS) is 22.4. The molecule has 2 aromatic heterocycles. The van der Waals surface area contributed by atoms with Crippen LogP contribution in [0.4, 0.5) is 5.13 Å². The zero-order valence-corrected chi connectivity index (χ0v) is 23.6. The van der Waals surface area contributed by atoms with Crippen molar-refractivity contribution < 1.29 is 29.1 Å². The average molecular weight is 628 g/mol. The Morgan fingerprint density at radius 2 is 2.26 bits per heavy atom. The van der Waals surface area contributed by atoms with Gasteiger partial charge in [0.1, 0.15) is 38.8 Å². The molecule has 0 aromatic carbocycles. The van der Waals surface area contributed by atoms with Crippen LogP contribution in [0.1, 0.15) is 18.5 Å². The molecule has 3 aliphatic rings. The lowest BCUT2D eigenvalue weighted by molar-refractivity contribution is -0.150. The monoisotopic (exact) mass is 627 g/mol. The lowest BCUT2D eigenvalue weighted by atomic mass is 10.0. The van der Waals surface area contributed by atoms with Gasteiger partial charge >= 0.3 is 5.97 Å². The summed E-state index contributed by atoms with van der Waals surface area (Å²) in [6.07, 6.45) is 5.31. The molecule has 0 bridgehead atoms. The van der Waals surface area contributed by atoms with Crippen molar-refractivity contribution in [2.75, 3.05) is 16.8 Å². The topological polar surface area (TPSA) is 176 Å². The van der Waals surface area contributed by atoms with E-state index in [1.807, 2.05) is 12.2 Å². The Hall–Kier alpha value is -2.99. The molecule has 1 fully saturated rings. The van der Waals surface area contributed by atoms with Gasteiger partial charge in [-0.25, -0.2) is 9.78 Å². The molecule has 3 atom stereocenters. The van der Waals surface area contributed by atoms with Crippen LogP contribution < -0.4 is 10.6 Å². The van der Waals surface area contributed by atoms with Gasteiger partial charge in [0.15, 0.2) is 15.2 Å². The third-order valence-electron chi connectivity index (χ3n) is 5.70. The lowest BCUT2D eigenvalue weighted by Gasteiger charge is -2.49. The molecule has 18 heteroatoms. The van der Waals surface area contributed by atoms with Crippen LogP contribution in [0.25, 0.3) is 0 Å². The van der Waals surface area contributed by atoms with Gasteiger partial charge in [0.2, 0.25) is 6.41 Å². The fraction of sp³-hybridized carbons (Fsp3) is 0.333. The van der Waals surface area contributed by atoms with Crippen LogP contribution in [0.3, 0.4) is 0 Å². The van der Waals surface area contributed by atoms with Crippen molar-refractivity contribution in [1.82, 2.24) is 25.4 Å². The van der Waals surface area contributed by atoms with E-state index in [-0.39, 0.29) is 32.7 Å². The number of halogens is 1. The molecular formula is C21H18ClN7O6S4. The molecule has 0 spiro atoms. The summed E-state index contributed by atoms with van der Waals surface area (Å²) in [5.74, 6) is -1.89. The maximum absolute atomic E-state index is 13.4. The summed E-state index contributed by atoms with van der Waals surface area (Å²) in [6, 6.07) is -1.00. The molecule has 2 aromatic rings. The maximum Gasteiger partial charge on any atom is 0.352 e. The number of carbonyl (C=O) groups is 4. The van der Waals surface area contributed by atoms with Crippen LogP contribution >= 0.6 is 57.8 Å². The molecular weight excluding hydrogens is 610 g/mol. The maximum atomic E-state index is 13.4. The van der Waals surface area contributed by atoms with Crippen LogP contribution in [0.15, 0.2) is 38.4 Å². The molecule has 2 aliphatic heterocycles. The van der Waals surface area contributed by atoms with Gasteiger partial charge in [-0.3, -0.25) is 19.3 Å². The number of fused-ring (bicyclic) bond motifs is 1. The summed E-state index contributed by atoms with van der Waals surface area (Å²) in [5, 5.41) is 26.1. The van der Waals surface area contributed by atoms with Crippen LogP contribution in [0.5, 0.6) is 0 Å². The van der Waals surface area contributed by atoms with Gasteiger partial charge < -0.3 is 20.6 Å². The van der Waals surface area contributed by atoms with Gasteiger partial charge in [0, 0.05) is 11.5 Å². The molecule has 0 saturated carbocycles. The molecule has 2 unspecified atom stereocenters. The quantitative estimate of drug-likeness (QED) is 0.0831. The van der Waals surface area contributed by atoms with Crippen molar-refractivity contribution in [2.24, 2.45) is 5.16 Å². The van der Waals surface area contributed by atoms with E-state index in [0.717, 1.165) is 17.8 Å². The highest BCUT2D eigenvalue weighted by Gasteiger charge is 2.54. The first kappa shape index (κ1) is 27.6. The van der Waals surface area contributed by atoms with Crippen molar-refractivity contribution in [2.45, 2.75) is 34.7 Å². The third-order valence-corrected chi connectivity index (χ3v) is 10.2. The number of amides is 3.